The fraction of sp³-hybridized carbons (Fsp3) is 0.500. The molecule has 2 atom stereocenters. The predicted octanol–water partition coefficient (Wildman–Crippen LogP) is 0.735. The Balaban J connectivity index is 2.58. The van der Waals surface area contributed by atoms with Crippen molar-refractivity contribution in [2.45, 2.75) is 31.5 Å². The van der Waals surface area contributed by atoms with E-state index in [1.165, 1.54) is 6.20 Å². The molecule has 1 aliphatic rings. The standard InChI is InChI=1S/C10H12FNO2/c1-2-10(14)7-3-4-12-9(11)6(7)5-8(10)13/h3-4,8,13-14H,2,5H2,1H3/t8-,10-/m0/s1. The van der Waals surface area contributed by atoms with E-state index < -0.39 is 17.7 Å². The van der Waals surface area contributed by atoms with E-state index in [2.05, 4.69) is 4.98 Å². The van der Waals surface area contributed by atoms with E-state index in [0.29, 0.717) is 17.5 Å². The van der Waals surface area contributed by atoms with Gasteiger partial charge in [0.25, 0.3) is 0 Å². The Morgan fingerprint density at radius 1 is 1.71 bits per heavy atom. The Hall–Kier alpha value is -1.00. The summed E-state index contributed by atoms with van der Waals surface area (Å²) in [6.45, 7) is 1.76. The summed E-state index contributed by atoms with van der Waals surface area (Å²) in [7, 11) is 0. The maximum absolute atomic E-state index is 13.2. The third-order valence-electron chi connectivity index (χ3n) is 2.96. The number of hydrogen-bond acceptors (Lipinski definition) is 3. The van der Waals surface area contributed by atoms with Gasteiger partial charge in [-0.1, -0.05) is 6.92 Å². The van der Waals surface area contributed by atoms with E-state index >= 15 is 0 Å². The average Bonchev–Trinajstić information content (AvgIpc) is 2.43. The Labute approximate surface area is 81.2 Å². The number of fused-ring (bicyclic) bond motifs is 1. The quantitative estimate of drug-likeness (QED) is 0.653. The second-order valence-corrected chi connectivity index (χ2v) is 3.63. The van der Waals surface area contributed by atoms with Gasteiger partial charge in [0.2, 0.25) is 5.95 Å². The zero-order valence-corrected chi connectivity index (χ0v) is 7.87. The second kappa shape index (κ2) is 3.00. The molecule has 3 nitrogen and oxygen atoms in total. The summed E-state index contributed by atoms with van der Waals surface area (Å²) in [6.07, 6.45) is 0.887. The highest BCUT2D eigenvalue weighted by Crippen LogP contribution is 2.39. The van der Waals surface area contributed by atoms with E-state index in [1.54, 1.807) is 13.0 Å². The molecule has 1 aliphatic carbocycles. The van der Waals surface area contributed by atoms with Gasteiger partial charge in [0.1, 0.15) is 5.60 Å². The van der Waals surface area contributed by atoms with Crippen LogP contribution in [0.3, 0.4) is 0 Å². The summed E-state index contributed by atoms with van der Waals surface area (Å²) in [6, 6.07) is 1.57. The van der Waals surface area contributed by atoms with Crippen molar-refractivity contribution in [3.8, 4) is 0 Å². The molecule has 2 rings (SSSR count). The summed E-state index contributed by atoms with van der Waals surface area (Å²) in [4.78, 5) is 3.50. The minimum atomic E-state index is -1.31. The minimum Gasteiger partial charge on any atom is -0.389 e. The van der Waals surface area contributed by atoms with E-state index in [4.69, 9.17) is 0 Å². The van der Waals surface area contributed by atoms with Gasteiger partial charge in [-0.05, 0) is 18.1 Å². The molecule has 1 aromatic rings. The lowest BCUT2D eigenvalue weighted by molar-refractivity contribution is -0.0699. The molecule has 4 heteroatoms. The molecule has 0 amide bonds. The molecule has 0 fully saturated rings. The van der Waals surface area contributed by atoms with Gasteiger partial charge in [-0.15, -0.1) is 0 Å². The molecule has 0 unspecified atom stereocenters. The fourth-order valence-electron chi connectivity index (χ4n) is 2.03. The van der Waals surface area contributed by atoms with Crippen molar-refractivity contribution in [3.63, 3.8) is 0 Å². The summed E-state index contributed by atoms with van der Waals surface area (Å²) in [5, 5.41) is 19.8. The largest absolute Gasteiger partial charge is 0.389 e. The van der Waals surface area contributed by atoms with Crippen LogP contribution in [0.2, 0.25) is 0 Å². The molecule has 1 heterocycles. The number of rotatable bonds is 1. The van der Waals surface area contributed by atoms with Gasteiger partial charge in [0.05, 0.1) is 6.10 Å². The van der Waals surface area contributed by atoms with E-state index in [1.807, 2.05) is 0 Å². The van der Waals surface area contributed by atoms with Gasteiger partial charge < -0.3 is 10.2 Å². The van der Waals surface area contributed by atoms with E-state index in [0.717, 1.165) is 0 Å². The first-order valence-corrected chi connectivity index (χ1v) is 4.64. The number of pyridine rings is 1. The molecule has 2 N–H and O–H groups in total. The van der Waals surface area contributed by atoms with Crippen molar-refractivity contribution in [1.29, 1.82) is 0 Å². The second-order valence-electron chi connectivity index (χ2n) is 3.63. The van der Waals surface area contributed by atoms with E-state index in [9.17, 15) is 14.6 Å². The Morgan fingerprint density at radius 3 is 3.07 bits per heavy atom. The highest BCUT2D eigenvalue weighted by Gasteiger charge is 2.44. The van der Waals surface area contributed by atoms with Gasteiger partial charge >= 0.3 is 0 Å². The molecule has 76 valence electrons. The fourth-order valence-corrected chi connectivity index (χ4v) is 2.03. The van der Waals surface area contributed by atoms with Crippen LogP contribution in [-0.2, 0) is 12.0 Å². The van der Waals surface area contributed by atoms with Crippen LogP contribution < -0.4 is 0 Å². The number of aliphatic hydroxyl groups excluding tert-OH is 1. The van der Waals surface area contributed by atoms with Gasteiger partial charge in [-0.25, -0.2) is 4.98 Å². The average molecular weight is 197 g/mol. The zero-order chi connectivity index (χ0) is 10.3. The third kappa shape index (κ3) is 1.07. The number of nitrogens with zero attached hydrogens (tertiary/aromatic N) is 1. The van der Waals surface area contributed by atoms with Crippen molar-refractivity contribution in [2.24, 2.45) is 0 Å². The summed E-state index contributed by atoms with van der Waals surface area (Å²) in [5.41, 5.74) is -0.497. The molecule has 0 aliphatic heterocycles. The summed E-state index contributed by atoms with van der Waals surface area (Å²) < 4.78 is 13.2. The molecule has 0 spiro atoms. The van der Waals surface area contributed by atoms with Gasteiger partial charge in [-0.3, -0.25) is 0 Å². The Kier molecular flexibility index (Phi) is 2.05. The first-order valence-electron chi connectivity index (χ1n) is 4.64. The first kappa shape index (κ1) is 9.55. The van der Waals surface area contributed by atoms with Crippen molar-refractivity contribution in [1.82, 2.24) is 4.98 Å². The molecule has 0 saturated carbocycles. The van der Waals surface area contributed by atoms with Crippen molar-refractivity contribution < 1.29 is 14.6 Å². The first-order chi connectivity index (χ1) is 6.59. The maximum atomic E-state index is 13.2. The Morgan fingerprint density at radius 2 is 2.43 bits per heavy atom. The molecule has 0 bridgehead atoms. The molecular weight excluding hydrogens is 185 g/mol. The monoisotopic (exact) mass is 197 g/mol. The molecule has 0 saturated heterocycles. The smallest absolute Gasteiger partial charge is 0.216 e. The topological polar surface area (TPSA) is 53.4 Å². The summed E-state index contributed by atoms with van der Waals surface area (Å²) >= 11 is 0. The van der Waals surface area contributed by atoms with Crippen LogP contribution in [-0.4, -0.2) is 21.3 Å². The molecule has 14 heavy (non-hydrogen) atoms. The number of halogens is 1. The van der Waals surface area contributed by atoms with Gasteiger partial charge in [0.15, 0.2) is 0 Å². The molecule has 0 radical (unpaired) electrons. The molecular formula is C10H12FNO2. The zero-order valence-electron chi connectivity index (χ0n) is 7.87. The highest BCUT2D eigenvalue weighted by atomic mass is 19.1. The van der Waals surface area contributed by atoms with Crippen molar-refractivity contribution >= 4 is 0 Å². The highest BCUT2D eigenvalue weighted by molar-refractivity contribution is 5.37. The SMILES string of the molecule is CC[C@]1(O)c2ccnc(F)c2C[C@@H]1O. The Bertz CT molecular complexity index is 369. The van der Waals surface area contributed by atoms with Crippen LogP contribution >= 0.6 is 0 Å². The van der Waals surface area contributed by atoms with Crippen LogP contribution in [0.25, 0.3) is 0 Å². The third-order valence-corrected chi connectivity index (χ3v) is 2.96. The number of aliphatic hydroxyl groups is 2. The van der Waals surface area contributed by atoms with E-state index in [-0.39, 0.29) is 6.42 Å². The van der Waals surface area contributed by atoms with Gasteiger partial charge in [-0.2, -0.15) is 4.39 Å². The maximum Gasteiger partial charge on any atom is 0.216 e. The lowest BCUT2D eigenvalue weighted by atomic mass is 9.92. The number of aromatic nitrogens is 1. The number of hydrogen-bond donors (Lipinski definition) is 2. The predicted molar refractivity (Wildman–Crippen MR) is 48.1 cm³/mol. The van der Waals surface area contributed by atoms with Gasteiger partial charge in [0, 0.05) is 18.2 Å². The van der Waals surface area contributed by atoms with Crippen LogP contribution in [0, 0.1) is 5.95 Å². The lowest BCUT2D eigenvalue weighted by Crippen LogP contribution is -2.34. The minimum absolute atomic E-state index is 0.138. The lowest BCUT2D eigenvalue weighted by Gasteiger charge is -2.25. The van der Waals surface area contributed by atoms with Crippen molar-refractivity contribution in [2.75, 3.05) is 0 Å². The van der Waals surface area contributed by atoms with Crippen LogP contribution in [0.15, 0.2) is 12.3 Å². The van der Waals surface area contributed by atoms with Crippen LogP contribution in [0.1, 0.15) is 24.5 Å². The van der Waals surface area contributed by atoms with Crippen LogP contribution in [0.5, 0.6) is 0 Å². The molecule has 0 aromatic carbocycles. The summed E-state index contributed by atoms with van der Waals surface area (Å²) in [5.74, 6) is -0.592. The molecule has 1 aromatic heterocycles. The normalized spacial score (nSPS) is 30.4. The van der Waals surface area contributed by atoms with Crippen LogP contribution in [0.4, 0.5) is 4.39 Å². The van der Waals surface area contributed by atoms with Crippen molar-refractivity contribution in [3.05, 3.63) is 29.3 Å².